The van der Waals surface area contributed by atoms with Gasteiger partial charge >= 0.3 is 0 Å². The summed E-state index contributed by atoms with van der Waals surface area (Å²) in [6.07, 6.45) is 4.32. The maximum absolute atomic E-state index is 11.6. The Labute approximate surface area is 108 Å². The van der Waals surface area contributed by atoms with Gasteiger partial charge in [-0.2, -0.15) is 0 Å². The monoisotopic (exact) mass is 289 g/mol. The van der Waals surface area contributed by atoms with E-state index in [1.807, 2.05) is 0 Å². The Bertz CT molecular complexity index is 230. The van der Waals surface area contributed by atoms with Crippen molar-refractivity contribution in [3.63, 3.8) is 0 Å². The number of rotatable bonds is 4. The third-order valence-corrected chi connectivity index (χ3v) is 4.09. The first-order valence-electron chi connectivity index (χ1n) is 6.40. The summed E-state index contributed by atoms with van der Waals surface area (Å²) in [5, 5.41) is 3.97. The van der Waals surface area contributed by atoms with Crippen LogP contribution in [0.5, 0.6) is 0 Å². The third-order valence-electron chi connectivity index (χ3n) is 3.69. The number of halogens is 1. The normalized spacial score (nSPS) is 30.4. The smallest absolute Gasteiger partial charge is 0.221 e. The Morgan fingerprint density at radius 1 is 1.44 bits per heavy atom. The minimum Gasteiger partial charge on any atom is -0.353 e. The van der Waals surface area contributed by atoms with E-state index in [1.54, 1.807) is 0 Å². The van der Waals surface area contributed by atoms with E-state index in [0.717, 1.165) is 17.7 Å². The molecule has 1 amide bonds. The lowest BCUT2D eigenvalue weighted by Gasteiger charge is -2.37. The van der Waals surface area contributed by atoms with Gasteiger partial charge in [-0.25, -0.2) is 0 Å². The van der Waals surface area contributed by atoms with Gasteiger partial charge in [-0.1, -0.05) is 43.1 Å². The molecular formula is C13H24BrNO. The lowest BCUT2D eigenvalue weighted by molar-refractivity contribution is -0.122. The summed E-state index contributed by atoms with van der Waals surface area (Å²) < 4.78 is 0. The first-order chi connectivity index (χ1) is 7.54. The zero-order valence-corrected chi connectivity index (χ0v) is 12.2. The average molecular weight is 290 g/mol. The molecular weight excluding hydrogens is 266 g/mol. The fourth-order valence-corrected chi connectivity index (χ4v) is 3.09. The van der Waals surface area contributed by atoms with Crippen LogP contribution >= 0.6 is 15.9 Å². The Morgan fingerprint density at radius 2 is 2.12 bits per heavy atom. The van der Waals surface area contributed by atoms with Gasteiger partial charge in [0, 0.05) is 17.8 Å². The van der Waals surface area contributed by atoms with Crippen LogP contribution < -0.4 is 5.32 Å². The maximum atomic E-state index is 11.6. The molecule has 3 heteroatoms. The number of hydrogen-bond acceptors (Lipinski definition) is 1. The van der Waals surface area contributed by atoms with Crippen molar-refractivity contribution in [3.05, 3.63) is 0 Å². The minimum atomic E-state index is 0.196. The largest absolute Gasteiger partial charge is 0.353 e. The number of carbonyl (C=O) groups excluding carboxylic acids is 1. The van der Waals surface area contributed by atoms with Crippen molar-refractivity contribution in [1.82, 2.24) is 5.32 Å². The van der Waals surface area contributed by atoms with Gasteiger partial charge in [0.2, 0.25) is 5.91 Å². The van der Waals surface area contributed by atoms with Crippen LogP contribution in [0.1, 0.15) is 46.5 Å². The number of amides is 1. The van der Waals surface area contributed by atoms with Gasteiger partial charge in [-0.3, -0.25) is 4.79 Å². The van der Waals surface area contributed by atoms with E-state index >= 15 is 0 Å². The van der Waals surface area contributed by atoms with Gasteiger partial charge < -0.3 is 5.32 Å². The van der Waals surface area contributed by atoms with Gasteiger partial charge in [0.25, 0.3) is 0 Å². The highest BCUT2D eigenvalue weighted by Gasteiger charge is 2.31. The summed E-state index contributed by atoms with van der Waals surface area (Å²) >= 11 is 3.31. The molecule has 0 spiro atoms. The van der Waals surface area contributed by atoms with Crippen molar-refractivity contribution < 1.29 is 4.79 Å². The molecule has 0 aromatic carbocycles. The molecule has 0 aromatic heterocycles. The highest BCUT2D eigenvalue weighted by molar-refractivity contribution is 9.09. The Balaban J connectivity index is 2.54. The van der Waals surface area contributed by atoms with Crippen LogP contribution in [0.25, 0.3) is 0 Å². The lowest BCUT2D eigenvalue weighted by Crippen LogP contribution is -2.45. The quantitative estimate of drug-likeness (QED) is 0.790. The molecule has 1 rings (SSSR count). The standard InChI is InChI=1S/C13H24BrNO/c1-9(2)11-5-4-10(3)8-12(11)15-13(16)6-7-14/h9-12H,4-8H2,1-3H3,(H,15,16). The average Bonchev–Trinajstić information content (AvgIpc) is 2.17. The molecule has 94 valence electrons. The molecule has 1 fully saturated rings. The summed E-state index contributed by atoms with van der Waals surface area (Å²) in [6.45, 7) is 6.83. The van der Waals surface area contributed by atoms with Crippen LogP contribution in [0.3, 0.4) is 0 Å². The fraction of sp³-hybridized carbons (Fsp3) is 0.923. The topological polar surface area (TPSA) is 29.1 Å². The summed E-state index contributed by atoms with van der Waals surface area (Å²) in [5.74, 6) is 2.28. The summed E-state index contributed by atoms with van der Waals surface area (Å²) in [6, 6.07) is 0.398. The van der Waals surface area contributed by atoms with Crippen molar-refractivity contribution in [2.24, 2.45) is 17.8 Å². The molecule has 16 heavy (non-hydrogen) atoms. The number of nitrogens with one attached hydrogen (secondary N) is 1. The van der Waals surface area contributed by atoms with E-state index in [-0.39, 0.29) is 5.91 Å². The molecule has 1 aliphatic rings. The highest BCUT2D eigenvalue weighted by Crippen LogP contribution is 2.33. The lowest BCUT2D eigenvalue weighted by atomic mass is 9.74. The van der Waals surface area contributed by atoms with Gasteiger partial charge in [0.1, 0.15) is 0 Å². The predicted octanol–water partition coefficient (Wildman–Crippen LogP) is 3.35. The van der Waals surface area contributed by atoms with Crippen molar-refractivity contribution >= 4 is 21.8 Å². The Kier molecular flexibility index (Phi) is 5.81. The van der Waals surface area contributed by atoms with Crippen LogP contribution in [-0.4, -0.2) is 17.3 Å². The van der Waals surface area contributed by atoms with Gasteiger partial charge in [0.05, 0.1) is 0 Å². The second-order valence-corrected chi connectivity index (χ2v) is 6.23. The fourth-order valence-electron chi connectivity index (χ4n) is 2.73. The van der Waals surface area contributed by atoms with Crippen LogP contribution in [-0.2, 0) is 4.79 Å². The third kappa shape index (κ3) is 4.08. The zero-order valence-electron chi connectivity index (χ0n) is 10.6. The zero-order chi connectivity index (χ0) is 12.1. The van der Waals surface area contributed by atoms with Gasteiger partial charge in [0.15, 0.2) is 0 Å². The predicted molar refractivity (Wildman–Crippen MR) is 71.7 cm³/mol. The van der Waals surface area contributed by atoms with E-state index in [9.17, 15) is 4.79 Å². The molecule has 0 aliphatic heterocycles. The summed E-state index contributed by atoms with van der Waals surface area (Å²) in [5.41, 5.74) is 0. The van der Waals surface area contributed by atoms with Crippen LogP contribution in [0.4, 0.5) is 0 Å². The van der Waals surface area contributed by atoms with Crippen LogP contribution in [0.15, 0.2) is 0 Å². The van der Waals surface area contributed by atoms with E-state index < -0.39 is 0 Å². The summed E-state index contributed by atoms with van der Waals surface area (Å²) in [7, 11) is 0. The Morgan fingerprint density at radius 3 is 2.69 bits per heavy atom. The molecule has 0 saturated heterocycles. The number of hydrogen-bond donors (Lipinski definition) is 1. The van der Waals surface area contributed by atoms with Gasteiger partial charge in [-0.05, 0) is 30.6 Å². The molecule has 0 bridgehead atoms. The second-order valence-electron chi connectivity index (χ2n) is 5.44. The van der Waals surface area contributed by atoms with E-state index in [1.165, 1.54) is 12.8 Å². The maximum Gasteiger partial charge on any atom is 0.221 e. The van der Waals surface area contributed by atoms with E-state index in [2.05, 4.69) is 42.0 Å². The SMILES string of the molecule is CC1CCC(C(C)C)C(NC(=O)CCBr)C1. The first kappa shape index (κ1) is 14.0. The number of alkyl halides is 1. The van der Waals surface area contributed by atoms with Crippen molar-refractivity contribution in [2.75, 3.05) is 5.33 Å². The van der Waals surface area contributed by atoms with E-state index in [0.29, 0.717) is 24.3 Å². The molecule has 2 nitrogen and oxygen atoms in total. The Hall–Kier alpha value is -0.0500. The molecule has 1 aliphatic carbocycles. The van der Waals surface area contributed by atoms with Gasteiger partial charge in [-0.15, -0.1) is 0 Å². The molecule has 3 atom stereocenters. The molecule has 0 radical (unpaired) electrons. The molecule has 3 unspecified atom stereocenters. The summed E-state index contributed by atoms with van der Waals surface area (Å²) in [4.78, 5) is 11.6. The van der Waals surface area contributed by atoms with Crippen LogP contribution in [0, 0.1) is 17.8 Å². The highest BCUT2D eigenvalue weighted by atomic mass is 79.9. The minimum absolute atomic E-state index is 0.196. The number of carbonyl (C=O) groups is 1. The van der Waals surface area contributed by atoms with Crippen molar-refractivity contribution in [3.8, 4) is 0 Å². The molecule has 1 N–H and O–H groups in total. The van der Waals surface area contributed by atoms with Crippen molar-refractivity contribution in [2.45, 2.75) is 52.5 Å². The van der Waals surface area contributed by atoms with Crippen molar-refractivity contribution in [1.29, 1.82) is 0 Å². The first-order valence-corrected chi connectivity index (χ1v) is 7.52. The molecule has 1 saturated carbocycles. The second kappa shape index (κ2) is 6.63. The molecule has 0 aromatic rings. The molecule has 0 heterocycles. The van der Waals surface area contributed by atoms with E-state index in [4.69, 9.17) is 0 Å². The van der Waals surface area contributed by atoms with Crippen LogP contribution in [0.2, 0.25) is 0 Å².